The number of aromatic nitrogens is 1. The van der Waals surface area contributed by atoms with Crippen molar-refractivity contribution >= 4 is 10.0 Å². The molecule has 0 radical (unpaired) electrons. The smallest absolute Gasteiger partial charge is 0.214 e. The molecule has 0 atom stereocenters. The van der Waals surface area contributed by atoms with Crippen LogP contribution in [-0.2, 0) is 16.4 Å². The maximum absolute atomic E-state index is 12.4. The van der Waals surface area contributed by atoms with Crippen LogP contribution in [0.2, 0.25) is 0 Å². The van der Waals surface area contributed by atoms with Crippen molar-refractivity contribution in [3.8, 4) is 0 Å². The van der Waals surface area contributed by atoms with Crippen molar-refractivity contribution in [2.45, 2.75) is 38.6 Å². The summed E-state index contributed by atoms with van der Waals surface area (Å²) in [5, 5.41) is 3.47. The van der Waals surface area contributed by atoms with Crippen molar-refractivity contribution in [2.75, 3.05) is 25.4 Å². The highest BCUT2D eigenvalue weighted by atomic mass is 32.2. The monoisotopic (exact) mass is 311 g/mol. The van der Waals surface area contributed by atoms with Crippen LogP contribution in [0.4, 0.5) is 0 Å². The lowest BCUT2D eigenvalue weighted by Crippen LogP contribution is -2.45. The summed E-state index contributed by atoms with van der Waals surface area (Å²) >= 11 is 0. The summed E-state index contributed by atoms with van der Waals surface area (Å²) in [5.41, 5.74) is 1.02. The van der Waals surface area contributed by atoms with Crippen LogP contribution in [0.1, 0.15) is 31.7 Å². The third-order valence-corrected chi connectivity index (χ3v) is 5.80. The van der Waals surface area contributed by atoms with Gasteiger partial charge in [-0.05, 0) is 49.9 Å². The number of rotatable bonds is 7. The number of sulfonamides is 1. The Morgan fingerprint density at radius 1 is 1.29 bits per heavy atom. The van der Waals surface area contributed by atoms with E-state index in [1.807, 2.05) is 12.1 Å². The van der Waals surface area contributed by atoms with Crippen molar-refractivity contribution in [3.05, 3.63) is 30.1 Å². The van der Waals surface area contributed by atoms with Crippen LogP contribution in [0.5, 0.6) is 0 Å². The number of piperidine rings is 1. The molecule has 0 spiro atoms. The van der Waals surface area contributed by atoms with Crippen molar-refractivity contribution < 1.29 is 8.42 Å². The Balaban J connectivity index is 1.81. The lowest BCUT2D eigenvalue weighted by molar-refractivity contribution is 0.290. The summed E-state index contributed by atoms with van der Waals surface area (Å²) < 4.78 is 26.4. The predicted molar refractivity (Wildman–Crippen MR) is 84.6 cm³/mol. The van der Waals surface area contributed by atoms with E-state index >= 15 is 0 Å². The molecule has 1 fully saturated rings. The summed E-state index contributed by atoms with van der Waals surface area (Å²) in [4.78, 5) is 3.95. The standard InChI is InChI=1S/C15H25N3O2S/c1-2-8-17-15-5-11-18(12-6-15)21(19,20)13-7-14-3-9-16-10-4-14/h3-4,9-10,15,17H,2,5-8,11-13H2,1H3. The number of nitrogens with one attached hydrogen (secondary N) is 1. The largest absolute Gasteiger partial charge is 0.314 e. The fourth-order valence-corrected chi connectivity index (χ4v) is 4.13. The fraction of sp³-hybridized carbons (Fsp3) is 0.667. The summed E-state index contributed by atoms with van der Waals surface area (Å²) in [6.07, 6.45) is 6.89. The first-order chi connectivity index (χ1) is 10.1. The van der Waals surface area contributed by atoms with Gasteiger partial charge in [0.1, 0.15) is 0 Å². The Morgan fingerprint density at radius 3 is 2.57 bits per heavy atom. The maximum atomic E-state index is 12.4. The average Bonchev–Trinajstić information content (AvgIpc) is 2.52. The number of hydrogen-bond donors (Lipinski definition) is 1. The normalized spacial score (nSPS) is 18.0. The van der Waals surface area contributed by atoms with Gasteiger partial charge in [0.2, 0.25) is 10.0 Å². The second kappa shape index (κ2) is 7.87. The first-order valence-corrected chi connectivity index (χ1v) is 9.33. The van der Waals surface area contributed by atoms with Crippen LogP contribution in [0.3, 0.4) is 0 Å². The molecule has 21 heavy (non-hydrogen) atoms. The van der Waals surface area contributed by atoms with Gasteiger partial charge in [-0.25, -0.2) is 12.7 Å². The molecule has 1 aromatic rings. The molecule has 0 saturated carbocycles. The van der Waals surface area contributed by atoms with Gasteiger partial charge in [0.15, 0.2) is 0 Å². The van der Waals surface area contributed by atoms with E-state index in [0.717, 1.165) is 31.4 Å². The third kappa shape index (κ3) is 5.05. The molecule has 0 bridgehead atoms. The lowest BCUT2D eigenvalue weighted by atomic mass is 10.1. The SMILES string of the molecule is CCCNC1CCN(S(=O)(=O)CCc2ccncc2)CC1. The van der Waals surface area contributed by atoms with E-state index in [0.29, 0.717) is 25.6 Å². The second-order valence-corrected chi connectivity index (χ2v) is 7.64. The van der Waals surface area contributed by atoms with Crippen LogP contribution < -0.4 is 5.32 Å². The zero-order valence-corrected chi connectivity index (χ0v) is 13.5. The van der Waals surface area contributed by atoms with Gasteiger partial charge in [0.05, 0.1) is 5.75 Å². The fourth-order valence-electron chi connectivity index (χ4n) is 2.61. The Morgan fingerprint density at radius 2 is 1.95 bits per heavy atom. The molecule has 0 aliphatic carbocycles. The Bertz CT molecular complexity index is 511. The molecule has 1 aliphatic heterocycles. The molecule has 0 unspecified atom stereocenters. The van der Waals surface area contributed by atoms with Gasteiger partial charge < -0.3 is 5.32 Å². The molecule has 118 valence electrons. The summed E-state index contributed by atoms with van der Waals surface area (Å²) in [7, 11) is -3.14. The van der Waals surface area contributed by atoms with E-state index in [-0.39, 0.29) is 5.75 Å². The Labute approximate surface area is 127 Å². The van der Waals surface area contributed by atoms with Crippen molar-refractivity contribution in [1.82, 2.24) is 14.6 Å². The van der Waals surface area contributed by atoms with Crippen molar-refractivity contribution in [1.29, 1.82) is 0 Å². The molecule has 5 nitrogen and oxygen atoms in total. The number of aryl methyl sites for hydroxylation is 1. The van der Waals surface area contributed by atoms with Gasteiger partial charge in [0.25, 0.3) is 0 Å². The van der Waals surface area contributed by atoms with Crippen molar-refractivity contribution in [3.63, 3.8) is 0 Å². The maximum Gasteiger partial charge on any atom is 0.214 e. The molecular weight excluding hydrogens is 286 g/mol. The molecule has 1 aromatic heterocycles. The molecule has 2 rings (SSSR count). The molecule has 1 saturated heterocycles. The quantitative estimate of drug-likeness (QED) is 0.827. The molecule has 2 heterocycles. The molecule has 1 aliphatic rings. The zero-order chi connectivity index (χ0) is 15.1. The minimum absolute atomic E-state index is 0.185. The van der Waals surface area contributed by atoms with Gasteiger partial charge in [0, 0.05) is 31.5 Å². The van der Waals surface area contributed by atoms with Crippen LogP contribution in [0.25, 0.3) is 0 Å². The molecule has 0 aromatic carbocycles. The minimum atomic E-state index is -3.14. The molecule has 6 heteroatoms. The topological polar surface area (TPSA) is 62.3 Å². The number of nitrogens with zero attached hydrogens (tertiary/aromatic N) is 2. The highest BCUT2D eigenvalue weighted by molar-refractivity contribution is 7.89. The van der Waals surface area contributed by atoms with E-state index in [4.69, 9.17) is 0 Å². The molecule has 0 amide bonds. The van der Waals surface area contributed by atoms with E-state index < -0.39 is 10.0 Å². The minimum Gasteiger partial charge on any atom is -0.314 e. The summed E-state index contributed by atoms with van der Waals surface area (Å²) in [6.45, 7) is 4.44. The Kier molecular flexibility index (Phi) is 6.14. The van der Waals surface area contributed by atoms with Gasteiger partial charge in [-0.1, -0.05) is 6.92 Å². The average molecular weight is 311 g/mol. The van der Waals surface area contributed by atoms with Crippen LogP contribution in [0, 0.1) is 0 Å². The molecular formula is C15H25N3O2S. The van der Waals surface area contributed by atoms with Gasteiger partial charge in [-0.3, -0.25) is 4.98 Å². The summed E-state index contributed by atoms with van der Waals surface area (Å²) in [5.74, 6) is 0.185. The van der Waals surface area contributed by atoms with Crippen LogP contribution >= 0.6 is 0 Å². The predicted octanol–water partition coefficient (Wildman–Crippen LogP) is 1.42. The first kappa shape index (κ1) is 16.4. The number of hydrogen-bond acceptors (Lipinski definition) is 4. The van der Waals surface area contributed by atoms with Crippen LogP contribution in [0.15, 0.2) is 24.5 Å². The van der Waals surface area contributed by atoms with Crippen molar-refractivity contribution in [2.24, 2.45) is 0 Å². The second-order valence-electron chi connectivity index (χ2n) is 5.55. The number of pyridine rings is 1. The van der Waals surface area contributed by atoms with E-state index in [1.165, 1.54) is 0 Å². The lowest BCUT2D eigenvalue weighted by Gasteiger charge is -2.31. The summed E-state index contributed by atoms with van der Waals surface area (Å²) in [6, 6.07) is 4.21. The van der Waals surface area contributed by atoms with Gasteiger partial charge in [-0.15, -0.1) is 0 Å². The van der Waals surface area contributed by atoms with Gasteiger partial charge in [-0.2, -0.15) is 0 Å². The van der Waals surface area contributed by atoms with E-state index in [9.17, 15) is 8.42 Å². The Hall–Kier alpha value is -0.980. The van der Waals surface area contributed by atoms with E-state index in [1.54, 1.807) is 16.7 Å². The third-order valence-electron chi connectivity index (χ3n) is 3.93. The highest BCUT2D eigenvalue weighted by Crippen LogP contribution is 2.15. The zero-order valence-electron chi connectivity index (χ0n) is 12.7. The highest BCUT2D eigenvalue weighted by Gasteiger charge is 2.27. The van der Waals surface area contributed by atoms with E-state index in [2.05, 4.69) is 17.2 Å². The van der Waals surface area contributed by atoms with Crippen LogP contribution in [-0.4, -0.2) is 49.1 Å². The van der Waals surface area contributed by atoms with Gasteiger partial charge >= 0.3 is 0 Å². The molecule has 1 N–H and O–H groups in total. The first-order valence-electron chi connectivity index (χ1n) is 7.72.